The van der Waals surface area contributed by atoms with Crippen molar-refractivity contribution in [2.45, 2.75) is 20.0 Å². The first-order valence-electron chi connectivity index (χ1n) is 9.34. The zero-order valence-electron chi connectivity index (χ0n) is 16.7. The summed E-state index contributed by atoms with van der Waals surface area (Å²) in [5.74, 6) is -1.60. The van der Waals surface area contributed by atoms with E-state index in [9.17, 15) is 29.3 Å². The third kappa shape index (κ3) is 4.67. The molecule has 166 valence electrons. The Bertz CT molecular complexity index is 1350. The molecule has 3 rings (SSSR count). The van der Waals surface area contributed by atoms with Gasteiger partial charge < -0.3 is 10.1 Å². The number of aromatic nitrogens is 2. The van der Waals surface area contributed by atoms with Crippen LogP contribution >= 0.6 is 11.6 Å². The van der Waals surface area contributed by atoms with E-state index >= 15 is 0 Å². The molecule has 0 radical (unpaired) electrons. The highest BCUT2D eigenvalue weighted by Gasteiger charge is 2.17. The number of nitrogens with one attached hydrogen (secondary N) is 1. The number of ether oxygens (including phenoxy) is 1. The molecule has 32 heavy (non-hydrogen) atoms. The Morgan fingerprint density at radius 1 is 1.16 bits per heavy atom. The van der Waals surface area contributed by atoms with Gasteiger partial charge in [0.15, 0.2) is 6.61 Å². The molecule has 0 atom stereocenters. The summed E-state index contributed by atoms with van der Waals surface area (Å²) in [5.41, 5.74) is -1.00. The number of esters is 1. The van der Waals surface area contributed by atoms with E-state index < -0.39 is 41.2 Å². The molecule has 1 aromatic heterocycles. The standard InChI is InChI=1S/C20H17ClN4O7/c1-2-23-19(28)13-5-3-4-6-16(13)24(20(23)29)10-18(27)32-11-17(26)22-15-8-7-12(25(30)31)9-14(15)21/h3-9H,2,10-11H2,1H3,(H,22,26). The van der Waals surface area contributed by atoms with Crippen molar-refractivity contribution in [3.63, 3.8) is 0 Å². The quantitative estimate of drug-likeness (QED) is 0.322. The molecule has 0 fully saturated rings. The van der Waals surface area contributed by atoms with Gasteiger partial charge >= 0.3 is 11.7 Å². The number of carbonyl (C=O) groups is 2. The van der Waals surface area contributed by atoms with Crippen molar-refractivity contribution in [2.75, 3.05) is 11.9 Å². The molecular weight excluding hydrogens is 444 g/mol. The van der Waals surface area contributed by atoms with Crippen molar-refractivity contribution in [1.29, 1.82) is 0 Å². The van der Waals surface area contributed by atoms with E-state index in [-0.39, 0.29) is 33.8 Å². The van der Waals surface area contributed by atoms with Crippen LogP contribution in [0.5, 0.6) is 0 Å². The summed E-state index contributed by atoms with van der Waals surface area (Å²) in [6.45, 7) is 0.571. The summed E-state index contributed by atoms with van der Waals surface area (Å²) < 4.78 is 7.04. The molecule has 0 saturated heterocycles. The largest absolute Gasteiger partial charge is 0.454 e. The Hall–Kier alpha value is -3.99. The number of non-ortho nitro benzene ring substituents is 1. The lowest BCUT2D eigenvalue weighted by atomic mass is 10.2. The van der Waals surface area contributed by atoms with Gasteiger partial charge in [0.2, 0.25) is 0 Å². The predicted octanol–water partition coefficient (Wildman–Crippen LogP) is 1.93. The molecule has 3 aromatic rings. The summed E-state index contributed by atoms with van der Waals surface area (Å²) in [5, 5.41) is 13.3. The van der Waals surface area contributed by atoms with Gasteiger partial charge in [-0.15, -0.1) is 0 Å². The summed E-state index contributed by atoms with van der Waals surface area (Å²) in [7, 11) is 0. The molecule has 1 heterocycles. The monoisotopic (exact) mass is 460 g/mol. The molecule has 2 aromatic carbocycles. The van der Waals surface area contributed by atoms with Crippen LogP contribution in [0.15, 0.2) is 52.1 Å². The smallest absolute Gasteiger partial charge is 0.332 e. The Balaban J connectivity index is 1.71. The number of carbonyl (C=O) groups excluding carboxylic acids is 2. The predicted molar refractivity (Wildman–Crippen MR) is 116 cm³/mol. The number of hydrogen-bond donors (Lipinski definition) is 1. The molecule has 0 aliphatic carbocycles. The summed E-state index contributed by atoms with van der Waals surface area (Å²) in [4.78, 5) is 59.5. The molecule has 0 aliphatic rings. The number of para-hydroxylation sites is 1. The van der Waals surface area contributed by atoms with Crippen molar-refractivity contribution < 1.29 is 19.2 Å². The van der Waals surface area contributed by atoms with Gasteiger partial charge in [-0.25, -0.2) is 4.79 Å². The molecule has 0 aliphatic heterocycles. The minimum Gasteiger partial charge on any atom is -0.454 e. The molecule has 0 spiro atoms. The number of nitrogens with zero attached hydrogens (tertiary/aromatic N) is 3. The third-order valence-electron chi connectivity index (χ3n) is 4.54. The second-order valence-electron chi connectivity index (χ2n) is 6.57. The maximum atomic E-state index is 12.6. The van der Waals surface area contributed by atoms with Crippen LogP contribution in [0.2, 0.25) is 5.02 Å². The van der Waals surface area contributed by atoms with Crippen molar-refractivity contribution in [2.24, 2.45) is 0 Å². The first-order valence-corrected chi connectivity index (χ1v) is 9.72. The second kappa shape index (κ2) is 9.43. The molecule has 0 unspecified atom stereocenters. The van der Waals surface area contributed by atoms with Crippen LogP contribution in [0.25, 0.3) is 10.9 Å². The second-order valence-corrected chi connectivity index (χ2v) is 6.97. The van der Waals surface area contributed by atoms with E-state index in [0.29, 0.717) is 0 Å². The number of hydrogen-bond acceptors (Lipinski definition) is 7. The van der Waals surface area contributed by atoms with Crippen LogP contribution in [0, 0.1) is 10.1 Å². The van der Waals surface area contributed by atoms with Gasteiger partial charge in [-0.3, -0.25) is 33.6 Å². The minimum absolute atomic E-state index is 0.0567. The fourth-order valence-corrected chi connectivity index (χ4v) is 3.25. The number of anilines is 1. The van der Waals surface area contributed by atoms with Crippen molar-refractivity contribution in [3.05, 3.63) is 78.4 Å². The third-order valence-corrected chi connectivity index (χ3v) is 4.85. The van der Waals surface area contributed by atoms with Gasteiger partial charge in [0.05, 0.1) is 26.5 Å². The highest BCUT2D eigenvalue weighted by atomic mass is 35.5. The normalized spacial score (nSPS) is 10.7. The molecule has 11 nitrogen and oxygen atoms in total. The van der Waals surface area contributed by atoms with Gasteiger partial charge in [0.25, 0.3) is 17.2 Å². The minimum atomic E-state index is -0.872. The van der Waals surface area contributed by atoms with E-state index in [1.165, 1.54) is 12.1 Å². The average Bonchev–Trinajstić information content (AvgIpc) is 2.77. The highest BCUT2D eigenvalue weighted by Crippen LogP contribution is 2.26. The molecular formula is C20H17ClN4O7. The highest BCUT2D eigenvalue weighted by molar-refractivity contribution is 6.34. The van der Waals surface area contributed by atoms with Crippen LogP contribution in [0.1, 0.15) is 6.92 Å². The van der Waals surface area contributed by atoms with Crippen molar-refractivity contribution >= 4 is 45.8 Å². The number of benzene rings is 2. The fraction of sp³-hybridized carbons (Fsp3) is 0.200. The Morgan fingerprint density at radius 3 is 2.53 bits per heavy atom. The number of fused-ring (bicyclic) bond motifs is 1. The maximum Gasteiger partial charge on any atom is 0.332 e. The van der Waals surface area contributed by atoms with Gasteiger partial charge in [0.1, 0.15) is 6.54 Å². The van der Waals surface area contributed by atoms with Gasteiger partial charge in [-0.1, -0.05) is 23.7 Å². The van der Waals surface area contributed by atoms with Crippen LogP contribution in [-0.4, -0.2) is 32.5 Å². The van der Waals surface area contributed by atoms with E-state index in [1.807, 2.05) is 0 Å². The first kappa shape index (κ1) is 22.7. The van der Waals surface area contributed by atoms with Gasteiger partial charge in [0, 0.05) is 18.7 Å². The summed E-state index contributed by atoms with van der Waals surface area (Å²) >= 11 is 5.91. The van der Waals surface area contributed by atoms with E-state index in [2.05, 4.69) is 5.32 Å². The zero-order valence-corrected chi connectivity index (χ0v) is 17.5. The zero-order chi connectivity index (χ0) is 23.4. The molecule has 1 amide bonds. The van der Waals surface area contributed by atoms with Crippen LogP contribution < -0.4 is 16.6 Å². The number of nitro benzene ring substituents is 1. The Labute approximate surface area is 184 Å². The summed E-state index contributed by atoms with van der Waals surface area (Å²) in [6, 6.07) is 9.84. The SMILES string of the molecule is CCn1c(=O)c2ccccc2n(CC(=O)OCC(=O)Nc2ccc([N+](=O)[O-])cc2Cl)c1=O. The Morgan fingerprint density at radius 2 is 1.88 bits per heavy atom. The number of amides is 1. The maximum absolute atomic E-state index is 12.6. The summed E-state index contributed by atoms with van der Waals surface area (Å²) in [6.07, 6.45) is 0. The lowest BCUT2D eigenvalue weighted by Crippen LogP contribution is -2.41. The number of rotatable bonds is 7. The Kier molecular flexibility index (Phi) is 6.69. The van der Waals surface area contributed by atoms with E-state index in [1.54, 1.807) is 25.1 Å². The molecule has 0 bridgehead atoms. The van der Waals surface area contributed by atoms with Gasteiger partial charge in [-0.05, 0) is 25.1 Å². The lowest BCUT2D eigenvalue weighted by Gasteiger charge is -2.13. The van der Waals surface area contributed by atoms with Crippen LogP contribution in [0.3, 0.4) is 0 Å². The fourth-order valence-electron chi connectivity index (χ4n) is 3.03. The molecule has 12 heteroatoms. The van der Waals surface area contributed by atoms with Crippen molar-refractivity contribution in [1.82, 2.24) is 9.13 Å². The molecule has 1 N–H and O–H groups in total. The number of halogens is 1. The topological polar surface area (TPSA) is 143 Å². The van der Waals surface area contributed by atoms with Gasteiger partial charge in [-0.2, -0.15) is 0 Å². The van der Waals surface area contributed by atoms with E-state index in [4.69, 9.17) is 16.3 Å². The van der Waals surface area contributed by atoms with Crippen LogP contribution in [0.4, 0.5) is 11.4 Å². The van der Waals surface area contributed by atoms with E-state index in [0.717, 1.165) is 21.3 Å². The van der Waals surface area contributed by atoms with Crippen LogP contribution in [-0.2, 0) is 27.4 Å². The average molecular weight is 461 g/mol. The molecule has 0 saturated carbocycles. The first-order chi connectivity index (χ1) is 15.2. The van der Waals surface area contributed by atoms with Crippen molar-refractivity contribution in [3.8, 4) is 0 Å². The number of nitro groups is 1. The lowest BCUT2D eigenvalue weighted by molar-refractivity contribution is -0.384.